The minimum Gasteiger partial charge on any atom is -0.383 e. The zero-order valence-corrected chi connectivity index (χ0v) is 12.9. The van der Waals surface area contributed by atoms with Crippen molar-refractivity contribution in [2.24, 2.45) is 7.05 Å². The van der Waals surface area contributed by atoms with E-state index in [2.05, 4.69) is 10.3 Å². The lowest BCUT2D eigenvalue weighted by Gasteiger charge is -2.15. The molecule has 0 spiro atoms. The lowest BCUT2D eigenvalue weighted by atomic mass is 10.2. The lowest BCUT2D eigenvalue weighted by Crippen LogP contribution is -2.44. The first-order chi connectivity index (χ1) is 10.6. The fraction of sp³-hybridized carbons (Fsp3) is 0.643. The zero-order chi connectivity index (χ0) is 15.7. The highest BCUT2D eigenvalue weighted by atomic mass is 16.5. The molecular weight excluding hydrogens is 286 g/mol. The fourth-order valence-electron chi connectivity index (χ4n) is 2.99. The van der Waals surface area contributed by atoms with Crippen LogP contribution >= 0.6 is 0 Å². The molecule has 1 aliphatic rings. The molecule has 0 radical (unpaired) electrons. The van der Waals surface area contributed by atoms with Crippen molar-refractivity contribution in [3.63, 3.8) is 0 Å². The molecule has 22 heavy (non-hydrogen) atoms. The number of methoxy groups -OCH3 is 1. The third-order valence-electron chi connectivity index (χ3n) is 4.17. The lowest BCUT2D eigenvalue weighted by molar-refractivity contribution is 0.186. The Morgan fingerprint density at radius 1 is 1.41 bits per heavy atom. The van der Waals surface area contributed by atoms with E-state index in [4.69, 9.17) is 4.74 Å². The van der Waals surface area contributed by atoms with E-state index in [0.717, 1.165) is 19.4 Å². The monoisotopic (exact) mass is 307 g/mol. The number of nitrogens with one attached hydrogen (secondary N) is 1. The fourth-order valence-corrected chi connectivity index (χ4v) is 2.99. The molecule has 0 amide bonds. The molecule has 0 saturated carbocycles. The SMILES string of the molecule is COCCn1c(=O)n(CC2CCCN2)c(=O)c2c1ncn2C. The number of hydrogen-bond donors (Lipinski definition) is 1. The number of rotatable bonds is 5. The maximum absolute atomic E-state index is 12.7. The highest BCUT2D eigenvalue weighted by Crippen LogP contribution is 2.08. The van der Waals surface area contributed by atoms with Gasteiger partial charge >= 0.3 is 5.69 Å². The first kappa shape index (κ1) is 15.0. The van der Waals surface area contributed by atoms with Gasteiger partial charge < -0.3 is 14.6 Å². The van der Waals surface area contributed by atoms with Crippen LogP contribution in [0.2, 0.25) is 0 Å². The summed E-state index contributed by atoms with van der Waals surface area (Å²) in [5, 5.41) is 3.32. The Balaban J connectivity index is 2.15. The molecule has 1 N–H and O–H groups in total. The second-order valence-electron chi connectivity index (χ2n) is 5.66. The molecule has 0 aromatic carbocycles. The number of aromatic nitrogens is 4. The highest BCUT2D eigenvalue weighted by Gasteiger charge is 2.21. The Bertz CT molecular complexity index is 782. The van der Waals surface area contributed by atoms with Crippen LogP contribution in [0, 0.1) is 0 Å². The van der Waals surface area contributed by atoms with Crippen molar-refractivity contribution in [1.29, 1.82) is 0 Å². The van der Waals surface area contributed by atoms with Crippen LogP contribution in [0.15, 0.2) is 15.9 Å². The first-order valence-corrected chi connectivity index (χ1v) is 7.50. The molecule has 3 rings (SSSR count). The molecule has 8 nitrogen and oxygen atoms in total. The number of ether oxygens (including phenoxy) is 1. The van der Waals surface area contributed by atoms with Crippen LogP contribution in [-0.4, -0.2) is 45.0 Å². The number of nitrogens with zero attached hydrogens (tertiary/aromatic N) is 4. The third-order valence-corrected chi connectivity index (χ3v) is 4.17. The van der Waals surface area contributed by atoms with Gasteiger partial charge in [0.25, 0.3) is 5.56 Å². The molecular formula is C14H21N5O3. The Morgan fingerprint density at radius 2 is 2.23 bits per heavy atom. The van der Waals surface area contributed by atoms with E-state index in [0.29, 0.717) is 30.9 Å². The van der Waals surface area contributed by atoms with Gasteiger partial charge in [0.05, 0.1) is 19.5 Å². The minimum absolute atomic E-state index is 0.173. The maximum atomic E-state index is 12.7. The van der Waals surface area contributed by atoms with Crippen molar-refractivity contribution < 1.29 is 4.74 Å². The van der Waals surface area contributed by atoms with Crippen LogP contribution in [-0.2, 0) is 24.9 Å². The van der Waals surface area contributed by atoms with Crippen molar-refractivity contribution in [1.82, 2.24) is 24.0 Å². The van der Waals surface area contributed by atoms with E-state index in [-0.39, 0.29) is 17.3 Å². The van der Waals surface area contributed by atoms with Gasteiger partial charge in [-0.15, -0.1) is 0 Å². The van der Waals surface area contributed by atoms with Gasteiger partial charge in [-0.1, -0.05) is 0 Å². The number of imidazole rings is 1. The summed E-state index contributed by atoms with van der Waals surface area (Å²) in [6.07, 6.45) is 3.62. The third kappa shape index (κ3) is 2.48. The van der Waals surface area contributed by atoms with Gasteiger partial charge in [-0.2, -0.15) is 0 Å². The molecule has 1 saturated heterocycles. The number of hydrogen-bond acceptors (Lipinski definition) is 5. The van der Waals surface area contributed by atoms with Gasteiger partial charge in [0.1, 0.15) is 0 Å². The van der Waals surface area contributed by atoms with Crippen molar-refractivity contribution >= 4 is 11.2 Å². The van der Waals surface area contributed by atoms with Gasteiger partial charge in [-0.05, 0) is 19.4 Å². The van der Waals surface area contributed by atoms with Crippen molar-refractivity contribution in [2.45, 2.75) is 32.0 Å². The predicted molar refractivity (Wildman–Crippen MR) is 82.1 cm³/mol. The summed E-state index contributed by atoms with van der Waals surface area (Å²) in [7, 11) is 3.35. The highest BCUT2D eigenvalue weighted by molar-refractivity contribution is 5.69. The van der Waals surface area contributed by atoms with Crippen LogP contribution in [0.5, 0.6) is 0 Å². The summed E-state index contributed by atoms with van der Waals surface area (Å²) in [6.45, 7) is 2.10. The van der Waals surface area contributed by atoms with Crippen molar-refractivity contribution in [2.75, 3.05) is 20.3 Å². The van der Waals surface area contributed by atoms with Gasteiger partial charge in [0.2, 0.25) is 0 Å². The number of aryl methyl sites for hydroxylation is 1. The van der Waals surface area contributed by atoms with E-state index in [1.807, 2.05) is 0 Å². The Labute approximate surface area is 127 Å². The van der Waals surface area contributed by atoms with Crippen molar-refractivity contribution in [3.8, 4) is 0 Å². The van der Waals surface area contributed by atoms with Crippen LogP contribution in [0.25, 0.3) is 11.2 Å². The smallest absolute Gasteiger partial charge is 0.332 e. The second-order valence-corrected chi connectivity index (χ2v) is 5.66. The molecule has 1 atom stereocenters. The maximum Gasteiger partial charge on any atom is 0.332 e. The normalized spacial score (nSPS) is 18.4. The van der Waals surface area contributed by atoms with E-state index in [9.17, 15) is 9.59 Å². The molecule has 1 aliphatic heterocycles. The van der Waals surface area contributed by atoms with Gasteiger partial charge in [-0.25, -0.2) is 9.78 Å². The molecule has 2 aromatic rings. The van der Waals surface area contributed by atoms with Gasteiger partial charge in [-0.3, -0.25) is 13.9 Å². The van der Waals surface area contributed by atoms with Crippen LogP contribution in [0.4, 0.5) is 0 Å². The summed E-state index contributed by atoms with van der Waals surface area (Å²) in [6, 6.07) is 0.173. The number of fused-ring (bicyclic) bond motifs is 1. The molecule has 1 fully saturated rings. The average molecular weight is 307 g/mol. The molecule has 0 bridgehead atoms. The van der Waals surface area contributed by atoms with Crippen LogP contribution in [0.3, 0.4) is 0 Å². The summed E-state index contributed by atoms with van der Waals surface area (Å²) in [5.74, 6) is 0. The topological polar surface area (TPSA) is 83.1 Å². The first-order valence-electron chi connectivity index (χ1n) is 7.50. The summed E-state index contributed by atoms with van der Waals surface area (Å²) in [4.78, 5) is 29.6. The molecule has 3 heterocycles. The zero-order valence-electron chi connectivity index (χ0n) is 12.9. The minimum atomic E-state index is -0.318. The molecule has 8 heteroatoms. The van der Waals surface area contributed by atoms with E-state index >= 15 is 0 Å². The Kier molecular flexibility index (Phi) is 4.12. The standard InChI is InChI=1S/C14H21N5O3/c1-17-9-16-12-11(17)13(20)19(8-10-4-3-5-15-10)14(21)18(12)6-7-22-2/h9-10,15H,3-8H2,1-2H3. The molecule has 0 aliphatic carbocycles. The average Bonchev–Trinajstić information content (AvgIpc) is 3.13. The largest absolute Gasteiger partial charge is 0.383 e. The quantitative estimate of drug-likeness (QED) is 0.789. The predicted octanol–water partition coefficient (Wildman–Crippen LogP) is -0.705. The second kappa shape index (κ2) is 6.05. The van der Waals surface area contributed by atoms with Crippen LogP contribution < -0.4 is 16.6 Å². The Hall–Kier alpha value is -1.93. The van der Waals surface area contributed by atoms with Crippen LogP contribution in [0.1, 0.15) is 12.8 Å². The van der Waals surface area contributed by atoms with E-state index in [1.54, 1.807) is 25.1 Å². The van der Waals surface area contributed by atoms with Gasteiger partial charge in [0, 0.05) is 26.7 Å². The molecule has 1 unspecified atom stereocenters. The van der Waals surface area contributed by atoms with E-state index < -0.39 is 0 Å². The molecule has 120 valence electrons. The summed E-state index contributed by atoms with van der Waals surface area (Å²) < 4.78 is 9.58. The summed E-state index contributed by atoms with van der Waals surface area (Å²) in [5.41, 5.74) is 0.281. The van der Waals surface area contributed by atoms with Gasteiger partial charge in [0.15, 0.2) is 11.2 Å². The Morgan fingerprint density at radius 3 is 2.91 bits per heavy atom. The molecule has 2 aromatic heterocycles. The van der Waals surface area contributed by atoms with Crippen molar-refractivity contribution in [3.05, 3.63) is 27.2 Å². The van der Waals surface area contributed by atoms with E-state index in [1.165, 1.54) is 9.13 Å². The summed E-state index contributed by atoms with van der Waals surface area (Å²) >= 11 is 0.